The maximum absolute atomic E-state index is 12.7. The fourth-order valence-electron chi connectivity index (χ4n) is 3.19. The van der Waals surface area contributed by atoms with E-state index >= 15 is 0 Å². The number of nitrogens with one attached hydrogen (secondary N) is 3. The van der Waals surface area contributed by atoms with Crippen molar-refractivity contribution in [3.8, 4) is 11.8 Å². The van der Waals surface area contributed by atoms with Crippen LogP contribution >= 0.6 is 0 Å². The van der Waals surface area contributed by atoms with Crippen molar-refractivity contribution < 1.29 is 24.3 Å². The lowest BCUT2D eigenvalue weighted by molar-refractivity contribution is -0.129. The predicted octanol–water partition coefficient (Wildman–Crippen LogP) is 2.21. The number of rotatable bonds is 12. The first-order valence-corrected chi connectivity index (χ1v) is 11.2. The molecule has 0 aliphatic rings. The van der Waals surface area contributed by atoms with E-state index in [0.717, 1.165) is 24.8 Å². The van der Waals surface area contributed by atoms with Crippen molar-refractivity contribution in [1.82, 2.24) is 16.1 Å². The van der Waals surface area contributed by atoms with E-state index in [1.54, 1.807) is 36.9 Å². The Hall–Kier alpha value is -3.67. The molecule has 2 rings (SSSR count). The molecule has 1 atom stereocenters. The van der Waals surface area contributed by atoms with Crippen molar-refractivity contribution >= 4 is 17.7 Å². The third kappa shape index (κ3) is 9.86. The Kier molecular flexibility index (Phi) is 11.9. The van der Waals surface area contributed by atoms with Crippen LogP contribution in [0.5, 0.6) is 0 Å². The number of hydrogen-bond acceptors (Lipinski definition) is 5. The topological polar surface area (TPSA) is 117 Å². The highest BCUT2D eigenvalue weighted by atomic mass is 16.5. The molecule has 34 heavy (non-hydrogen) atoms. The molecular weight excluding hydrogens is 434 g/mol. The number of carbonyl (C=O) groups excluding carboxylic acids is 3. The summed E-state index contributed by atoms with van der Waals surface area (Å²) >= 11 is 0. The van der Waals surface area contributed by atoms with Crippen molar-refractivity contribution in [2.75, 3.05) is 20.3 Å². The van der Waals surface area contributed by atoms with Crippen LogP contribution in [0.3, 0.4) is 0 Å². The van der Waals surface area contributed by atoms with Crippen molar-refractivity contribution in [2.24, 2.45) is 0 Å². The number of ether oxygens (including phenoxy) is 1. The molecule has 0 saturated heterocycles. The smallest absolute Gasteiger partial charge is 0.251 e. The highest BCUT2D eigenvalue weighted by Crippen LogP contribution is 2.07. The Morgan fingerprint density at radius 1 is 1.03 bits per heavy atom. The Bertz CT molecular complexity index is 981. The molecule has 2 aromatic carbocycles. The monoisotopic (exact) mass is 465 g/mol. The Balaban J connectivity index is 1.89. The predicted molar refractivity (Wildman–Crippen MR) is 128 cm³/mol. The van der Waals surface area contributed by atoms with Crippen LogP contribution < -0.4 is 16.1 Å². The number of benzene rings is 2. The number of unbranched alkanes of at least 4 members (excludes halogenated alkanes) is 1. The molecule has 0 fully saturated rings. The van der Waals surface area contributed by atoms with Gasteiger partial charge in [-0.05, 0) is 55.5 Å². The van der Waals surface area contributed by atoms with Crippen molar-refractivity contribution in [1.29, 1.82) is 0 Å². The summed E-state index contributed by atoms with van der Waals surface area (Å²) in [5, 5.41) is 14.2. The highest BCUT2D eigenvalue weighted by Gasteiger charge is 2.22. The molecule has 3 amide bonds. The van der Waals surface area contributed by atoms with Gasteiger partial charge in [-0.25, -0.2) is 5.48 Å². The van der Waals surface area contributed by atoms with Crippen molar-refractivity contribution in [3.05, 3.63) is 71.3 Å². The molecule has 0 bridgehead atoms. The van der Waals surface area contributed by atoms with E-state index in [1.807, 2.05) is 18.2 Å². The number of methoxy groups -OCH3 is 1. The Labute approximate surface area is 200 Å². The maximum atomic E-state index is 12.7. The average molecular weight is 466 g/mol. The minimum absolute atomic E-state index is 0.0502. The quantitative estimate of drug-likeness (QED) is 0.166. The Morgan fingerprint density at radius 3 is 2.44 bits per heavy atom. The van der Waals surface area contributed by atoms with Gasteiger partial charge in [0.05, 0.1) is 0 Å². The van der Waals surface area contributed by atoms with E-state index in [9.17, 15) is 14.4 Å². The van der Waals surface area contributed by atoms with Crippen LogP contribution in [0.25, 0.3) is 0 Å². The molecule has 0 radical (unpaired) electrons. The lowest BCUT2D eigenvalue weighted by Gasteiger charge is -2.18. The van der Waals surface area contributed by atoms with Crippen LogP contribution in [0.2, 0.25) is 0 Å². The second kappa shape index (κ2) is 15.2. The first kappa shape index (κ1) is 26.6. The van der Waals surface area contributed by atoms with Gasteiger partial charge in [0.1, 0.15) is 12.6 Å². The molecule has 0 aliphatic carbocycles. The number of amides is 3. The van der Waals surface area contributed by atoms with Crippen LogP contribution in [0.15, 0.2) is 54.6 Å². The zero-order chi connectivity index (χ0) is 24.6. The summed E-state index contributed by atoms with van der Waals surface area (Å²) in [6, 6.07) is 15.8. The van der Waals surface area contributed by atoms with E-state index in [2.05, 4.69) is 34.6 Å². The van der Waals surface area contributed by atoms with E-state index in [-0.39, 0.29) is 18.7 Å². The van der Waals surface area contributed by atoms with Gasteiger partial charge in [-0.1, -0.05) is 42.2 Å². The molecule has 0 unspecified atom stereocenters. The summed E-state index contributed by atoms with van der Waals surface area (Å²) in [6.45, 7) is 0.770. The van der Waals surface area contributed by atoms with Gasteiger partial charge in [-0.3, -0.25) is 19.6 Å². The van der Waals surface area contributed by atoms with Crippen molar-refractivity contribution in [2.45, 2.75) is 38.1 Å². The molecule has 8 nitrogen and oxygen atoms in total. The molecule has 4 N–H and O–H groups in total. The molecule has 8 heteroatoms. The third-order valence-electron chi connectivity index (χ3n) is 5.04. The molecule has 0 saturated carbocycles. The van der Waals surface area contributed by atoms with Gasteiger partial charge < -0.3 is 15.4 Å². The summed E-state index contributed by atoms with van der Waals surface area (Å²) in [5.41, 5.74) is 3.88. The van der Waals surface area contributed by atoms with Gasteiger partial charge in [0, 0.05) is 31.2 Å². The second-order valence-electron chi connectivity index (χ2n) is 7.65. The second-order valence-corrected chi connectivity index (χ2v) is 7.65. The van der Waals surface area contributed by atoms with Crippen LogP contribution in [0.1, 0.15) is 47.2 Å². The fraction of sp³-hybridized carbons (Fsp3) is 0.346. The minimum Gasteiger partial charge on any atom is -0.372 e. The number of carbonyl (C=O) groups is 3. The van der Waals surface area contributed by atoms with Crippen LogP contribution in [-0.2, 0) is 20.7 Å². The average Bonchev–Trinajstić information content (AvgIpc) is 2.87. The van der Waals surface area contributed by atoms with Gasteiger partial charge >= 0.3 is 0 Å². The summed E-state index contributed by atoms with van der Waals surface area (Å²) in [6.07, 6.45) is 2.54. The molecule has 0 heterocycles. The van der Waals surface area contributed by atoms with Gasteiger partial charge in [-0.15, -0.1) is 0 Å². The van der Waals surface area contributed by atoms with Crippen LogP contribution in [-0.4, -0.2) is 49.2 Å². The van der Waals surface area contributed by atoms with Gasteiger partial charge in [-0.2, -0.15) is 0 Å². The highest BCUT2D eigenvalue weighted by molar-refractivity contribution is 5.97. The van der Waals surface area contributed by atoms with E-state index in [1.165, 1.54) is 5.56 Å². The first-order chi connectivity index (χ1) is 16.5. The largest absolute Gasteiger partial charge is 0.372 e. The molecule has 0 spiro atoms. The van der Waals surface area contributed by atoms with E-state index in [0.29, 0.717) is 18.7 Å². The standard InChI is InChI=1S/C26H31N3O5/c1-34-19-7-11-21-12-14-22(15-13-21)25(31)28-23(16-17-24(30)29-33)26(32)27-18-6-5-10-20-8-3-2-4-9-20/h2-4,8-9,12-15,23,33H,5-6,10,16-19H2,1H3,(H,27,32)(H,28,31)(H,29,30)/t23-/m0/s1. The Morgan fingerprint density at radius 2 is 1.76 bits per heavy atom. The molecule has 180 valence electrons. The normalized spacial score (nSPS) is 11.0. The van der Waals surface area contributed by atoms with Crippen LogP contribution in [0.4, 0.5) is 0 Å². The van der Waals surface area contributed by atoms with E-state index in [4.69, 9.17) is 9.94 Å². The van der Waals surface area contributed by atoms with Crippen LogP contribution in [0, 0.1) is 11.8 Å². The van der Waals surface area contributed by atoms with Crippen molar-refractivity contribution in [3.63, 3.8) is 0 Å². The molecule has 0 aliphatic heterocycles. The lowest BCUT2D eigenvalue weighted by Crippen LogP contribution is -2.47. The lowest BCUT2D eigenvalue weighted by atomic mass is 10.1. The summed E-state index contributed by atoms with van der Waals surface area (Å²) in [4.78, 5) is 36.8. The SMILES string of the molecule is COCC#Cc1ccc(C(=O)N[C@@H](CCC(=O)NO)C(=O)NCCCCc2ccccc2)cc1. The zero-order valence-corrected chi connectivity index (χ0v) is 19.3. The van der Waals surface area contributed by atoms with Gasteiger partial charge in [0.2, 0.25) is 11.8 Å². The zero-order valence-electron chi connectivity index (χ0n) is 19.3. The minimum atomic E-state index is -0.917. The summed E-state index contributed by atoms with van der Waals surface area (Å²) < 4.78 is 4.88. The maximum Gasteiger partial charge on any atom is 0.251 e. The van der Waals surface area contributed by atoms with E-state index < -0.39 is 17.9 Å². The van der Waals surface area contributed by atoms with Gasteiger partial charge in [0.15, 0.2) is 0 Å². The molecule has 0 aromatic heterocycles. The number of hydrogen-bond donors (Lipinski definition) is 4. The third-order valence-corrected chi connectivity index (χ3v) is 5.04. The first-order valence-electron chi connectivity index (χ1n) is 11.2. The summed E-state index contributed by atoms with van der Waals surface area (Å²) in [7, 11) is 1.56. The van der Waals surface area contributed by atoms with Gasteiger partial charge in [0.25, 0.3) is 5.91 Å². The molecule has 2 aromatic rings. The summed E-state index contributed by atoms with van der Waals surface area (Å²) in [5.74, 6) is 4.30. The fourth-order valence-corrected chi connectivity index (χ4v) is 3.19. The molecular formula is C26H31N3O5. The number of hydroxylamine groups is 1. The number of aryl methyl sites for hydroxylation is 1.